The summed E-state index contributed by atoms with van der Waals surface area (Å²) >= 11 is 0. The minimum atomic E-state index is 0. The number of hydrogen-bond donors (Lipinski definition) is 0. The minimum absolute atomic E-state index is 0. The molecule has 0 amide bonds. The van der Waals surface area contributed by atoms with Crippen LogP contribution in [0.3, 0.4) is 0 Å². The zero-order chi connectivity index (χ0) is 18.1. The van der Waals surface area contributed by atoms with Crippen molar-refractivity contribution in [2.75, 3.05) is 0 Å². The summed E-state index contributed by atoms with van der Waals surface area (Å²) in [4.78, 5) is 22.3. The summed E-state index contributed by atoms with van der Waals surface area (Å²) in [6.45, 7) is 3.50. The minimum Gasteiger partial charge on any atom is -0.718 e. The van der Waals surface area contributed by atoms with Crippen molar-refractivity contribution in [1.82, 2.24) is 0 Å². The Morgan fingerprint density at radius 1 is 0.962 bits per heavy atom. The van der Waals surface area contributed by atoms with Crippen LogP contribution in [0.1, 0.15) is 35.3 Å². The van der Waals surface area contributed by atoms with Crippen LogP contribution in [0, 0.1) is 0 Å². The average Bonchev–Trinajstić information content (AvgIpc) is 3.30. The Kier molecular flexibility index (Phi) is 9.29. The molecule has 0 N–H and O–H groups in total. The van der Waals surface area contributed by atoms with Crippen molar-refractivity contribution in [1.29, 1.82) is 0 Å². The van der Waals surface area contributed by atoms with Gasteiger partial charge < -0.3 is 39.4 Å². The second-order valence-electron chi connectivity index (χ2n) is 5.87. The van der Waals surface area contributed by atoms with Crippen molar-refractivity contribution in [3.8, 4) is 0 Å². The number of carbonyl (C=O) groups excluding carboxylic acids is 2. The van der Waals surface area contributed by atoms with Gasteiger partial charge >= 0.3 is 0 Å². The molecule has 3 heteroatoms. The van der Waals surface area contributed by atoms with Gasteiger partial charge in [-0.05, 0) is 6.92 Å². The maximum Gasteiger partial charge on any atom is 0.113 e. The van der Waals surface area contributed by atoms with Crippen molar-refractivity contribution in [3.63, 3.8) is 0 Å². The van der Waals surface area contributed by atoms with Crippen LogP contribution in [-0.2, 0) is 28.3 Å². The molecule has 0 spiro atoms. The molecule has 0 aliphatic rings. The molecule has 0 aromatic heterocycles. The third kappa shape index (κ3) is 7.18. The zero-order valence-electron chi connectivity index (χ0n) is 15.0. The molecular weight excluding hydrogens is 364 g/mol. The first kappa shape index (κ1) is 21.6. The summed E-state index contributed by atoms with van der Waals surface area (Å²) < 4.78 is 0. The number of Topliss-reactive ketones (excluding diaryl/α,β-unsaturated/α-hetero) is 1. The number of allylic oxidation sites excluding steroid dienone is 2. The molecule has 140 valence electrons. The van der Waals surface area contributed by atoms with Gasteiger partial charge in [0.2, 0.25) is 0 Å². The fourth-order valence-electron chi connectivity index (χ4n) is 2.47. The first-order valence-corrected chi connectivity index (χ1v) is 8.26. The van der Waals surface area contributed by atoms with Gasteiger partial charge in [0.1, 0.15) is 5.78 Å². The summed E-state index contributed by atoms with van der Waals surface area (Å²) in [6.07, 6.45) is 2.14. The van der Waals surface area contributed by atoms with E-state index in [1.807, 2.05) is 85.8 Å². The van der Waals surface area contributed by atoms with E-state index in [9.17, 15) is 9.59 Å². The van der Waals surface area contributed by atoms with Crippen LogP contribution in [0.25, 0.3) is 5.57 Å². The molecule has 0 radical (unpaired) electrons. The first-order chi connectivity index (χ1) is 12.1. The second-order valence-corrected chi connectivity index (χ2v) is 5.87. The van der Waals surface area contributed by atoms with Gasteiger partial charge in [0.05, 0.1) is 0 Å². The van der Waals surface area contributed by atoms with E-state index in [1.165, 1.54) is 0 Å². The Bertz CT molecular complexity index is 810. The monoisotopic (exact) mass is 386 g/mol. The number of ketones is 2. The van der Waals surface area contributed by atoms with E-state index in [2.05, 4.69) is 0 Å². The zero-order valence-corrected chi connectivity index (χ0v) is 16.1. The molecule has 26 heavy (non-hydrogen) atoms. The van der Waals surface area contributed by atoms with Crippen molar-refractivity contribution in [2.45, 2.75) is 20.3 Å². The molecule has 0 aliphatic heterocycles. The molecule has 0 aliphatic carbocycles. The maximum atomic E-state index is 11.7. The number of rotatable bonds is 5. The number of carbonyl (C=O) groups is 2. The molecular formula is C23H22FeO2-6. The van der Waals surface area contributed by atoms with Gasteiger partial charge in [0, 0.05) is 17.1 Å². The molecule has 0 heterocycles. The normalized spacial score (nSPS) is 10.3. The van der Waals surface area contributed by atoms with Gasteiger partial charge in [0.15, 0.2) is 0 Å². The molecule has 3 rings (SSSR count). The van der Waals surface area contributed by atoms with Crippen LogP contribution >= 0.6 is 0 Å². The third-order valence-corrected chi connectivity index (χ3v) is 3.73. The van der Waals surface area contributed by atoms with E-state index >= 15 is 0 Å². The summed E-state index contributed by atoms with van der Waals surface area (Å²) in [5.74, 6) is 0.282. The van der Waals surface area contributed by atoms with Crippen LogP contribution in [0.15, 0.2) is 84.9 Å². The van der Waals surface area contributed by atoms with Gasteiger partial charge in [0.25, 0.3) is 0 Å². The molecule has 3 aromatic rings. The topological polar surface area (TPSA) is 34.1 Å². The predicted molar refractivity (Wildman–Crippen MR) is 103 cm³/mol. The summed E-state index contributed by atoms with van der Waals surface area (Å²) in [5.41, 5.74) is 4.02. The fourth-order valence-corrected chi connectivity index (χ4v) is 2.47. The molecule has 0 atom stereocenters. The predicted octanol–water partition coefficient (Wildman–Crippen LogP) is 5.23. The Morgan fingerprint density at radius 2 is 1.54 bits per heavy atom. The molecule has 0 saturated heterocycles. The third-order valence-electron chi connectivity index (χ3n) is 3.73. The second kappa shape index (κ2) is 11.2. The SMILES string of the molecule is CC(=O)C=C(C)[c-]1cccc1.O=C(Cc1ccccc1)[c-]1[cH-][cH-][cH-][cH-]1.[Fe]. The van der Waals surface area contributed by atoms with Gasteiger partial charge in [-0.15, -0.1) is 23.3 Å². The van der Waals surface area contributed by atoms with Crippen LogP contribution < -0.4 is 0 Å². The van der Waals surface area contributed by atoms with Crippen LogP contribution in [0.2, 0.25) is 0 Å². The average molecular weight is 386 g/mol. The van der Waals surface area contributed by atoms with Gasteiger partial charge in [-0.25, -0.2) is 0 Å². The largest absolute Gasteiger partial charge is 0.718 e. The summed E-state index contributed by atoms with van der Waals surface area (Å²) in [5, 5.41) is 0. The quantitative estimate of drug-likeness (QED) is 0.261. The van der Waals surface area contributed by atoms with Gasteiger partial charge in [-0.2, -0.15) is 12.1 Å². The van der Waals surface area contributed by atoms with E-state index in [-0.39, 0.29) is 28.6 Å². The molecule has 3 aromatic carbocycles. The van der Waals surface area contributed by atoms with Crippen LogP contribution in [0.4, 0.5) is 0 Å². The Balaban J connectivity index is 0.000000258. The van der Waals surface area contributed by atoms with E-state index < -0.39 is 0 Å². The standard InChI is InChI=1S/C13H11O.C10H11O.Fe/c14-13(12-8-4-5-9-12)10-11-6-2-1-3-7-11;1-8(7-9(2)11)10-5-3-4-6-10;/h1-9H,10H2;3-7H,1-2H3;/q-5;-1;. The maximum absolute atomic E-state index is 11.7. The smallest absolute Gasteiger partial charge is 0.113 e. The van der Waals surface area contributed by atoms with Crippen LogP contribution in [-0.4, -0.2) is 11.6 Å². The van der Waals surface area contributed by atoms with Crippen molar-refractivity contribution in [3.05, 3.63) is 102 Å². The molecule has 0 saturated carbocycles. The first-order valence-electron chi connectivity index (χ1n) is 8.26. The molecule has 0 unspecified atom stereocenters. The van der Waals surface area contributed by atoms with E-state index in [1.54, 1.807) is 13.0 Å². The molecule has 0 fully saturated rings. The van der Waals surface area contributed by atoms with Crippen molar-refractivity contribution in [2.24, 2.45) is 0 Å². The van der Waals surface area contributed by atoms with Gasteiger partial charge in [-0.1, -0.05) is 55.3 Å². The molecule has 0 bridgehead atoms. The van der Waals surface area contributed by atoms with E-state index in [0.29, 0.717) is 6.42 Å². The van der Waals surface area contributed by atoms with Gasteiger partial charge in [-0.3, -0.25) is 5.78 Å². The molecule has 2 nitrogen and oxygen atoms in total. The number of benzene rings is 1. The van der Waals surface area contributed by atoms with Crippen molar-refractivity contribution >= 4 is 17.1 Å². The van der Waals surface area contributed by atoms with Crippen LogP contribution in [0.5, 0.6) is 0 Å². The fraction of sp³-hybridized carbons (Fsp3) is 0.130. The van der Waals surface area contributed by atoms with E-state index in [4.69, 9.17) is 0 Å². The number of hydrogen-bond acceptors (Lipinski definition) is 2. The Labute approximate surface area is 165 Å². The van der Waals surface area contributed by atoms with E-state index in [0.717, 1.165) is 22.3 Å². The van der Waals surface area contributed by atoms with Crippen molar-refractivity contribution < 1.29 is 26.7 Å². The summed E-state index contributed by atoms with van der Waals surface area (Å²) in [6, 6.07) is 25.2. The Morgan fingerprint density at radius 3 is 2.08 bits per heavy atom. The Hall–Kier alpha value is -2.48. The summed E-state index contributed by atoms with van der Waals surface area (Å²) in [7, 11) is 0.